The molecule has 2 aromatic carbocycles. The Morgan fingerprint density at radius 3 is 2.76 bits per heavy atom. The highest BCUT2D eigenvalue weighted by atomic mass is 16.3. The van der Waals surface area contributed by atoms with Gasteiger partial charge in [0.05, 0.1) is 5.92 Å². The van der Waals surface area contributed by atoms with Crippen molar-refractivity contribution in [1.82, 2.24) is 14.9 Å². The summed E-state index contributed by atoms with van der Waals surface area (Å²) in [6, 6.07) is 20.2. The molecule has 0 radical (unpaired) electrons. The summed E-state index contributed by atoms with van der Waals surface area (Å²) in [6.45, 7) is 0.924. The summed E-state index contributed by atoms with van der Waals surface area (Å²) in [6.07, 6.45) is 3.32. The van der Waals surface area contributed by atoms with E-state index in [4.69, 9.17) is 4.42 Å². The summed E-state index contributed by atoms with van der Waals surface area (Å²) in [4.78, 5) is 35.9. The number of carbonyl (C=O) groups is 2. The standard InChI is InChI=1S/C27H22N4O3/c32-25(29-22-10-5-7-19(17-22)13-14-21-9-3-4-15-28-21)27(33)31-16-6-8-20(18-31)26-30-23-11-1-2-12-24(23)34-26/h1-5,7,9-12,15,17,20H,6,8,16,18H2,(H,29,32). The second-order valence-corrected chi connectivity index (χ2v) is 8.11. The lowest BCUT2D eigenvalue weighted by molar-refractivity contribution is -0.144. The van der Waals surface area contributed by atoms with E-state index in [1.807, 2.05) is 48.5 Å². The van der Waals surface area contributed by atoms with Crippen LogP contribution in [0.25, 0.3) is 11.1 Å². The van der Waals surface area contributed by atoms with E-state index >= 15 is 0 Å². The van der Waals surface area contributed by atoms with Gasteiger partial charge >= 0.3 is 11.8 Å². The molecule has 1 aliphatic rings. The molecule has 1 N–H and O–H groups in total. The summed E-state index contributed by atoms with van der Waals surface area (Å²) >= 11 is 0. The van der Waals surface area contributed by atoms with Crippen molar-refractivity contribution in [2.45, 2.75) is 18.8 Å². The third-order valence-corrected chi connectivity index (χ3v) is 5.68. The molecule has 0 spiro atoms. The number of carbonyl (C=O) groups excluding carboxylic acids is 2. The Morgan fingerprint density at radius 2 is 1.91 bits per heavy atom. The van der Waals surface area contributed by atoms with Crippen molar-refractivity contribution in [3.8, 4) is 11.8 Å². The monoisotopic (exact) mass is 450 g/mol. The molecule has 0 bridgehead atoms. The normalized spacial score (nSPS) is 15.4. The predicted octanol–water partition coefficient (Wildman–Crippen LogP) is 3.97. The Kier molecular flexibility index (Phi) is 6.04. The van der Waals surface area contributed by atoms with E-state index in [2.05, 4.69) is 27.1 Å². The lowest BCUT2D eigenvalue weighted by Crippen LogP contribution is -2.44. The molecule has 1 aliphatic heterocycles. The molecule has 0 saturated carbocycles. The number of oxazole rings is 1. The second-order valence-electron chi connectivity index (χ2n) is 8.11. The van der Waals surface area contributed by atoms with Gasteiger partial charge < -0.3 is 14.6 Å². The number of rotatable bonds is 2. The predicted molar refractivity (Wildman–Crippen MR) is 128 cm³/mol. The van der Waals surface area contributed by atoms with Crippen LogP contribution in [0.3, 0.4) is 0 Å². The largest absolute Gasteiger partial charge is 0.440 e. The molecule has 2 amide bonds. The van der Waals surface area contributed by atoms with Crippen molar-refractivity contribution in [1.29, 1.82) is 0 Å². The topological polar surface area (TPSA) is 88.3 Å². The average molecular weight is 450 g/mol. The van der Waals surface area contributed by atoms with Crippen LogP contribution in [0.4, 0.5) is 5.69 Å². The van der Waals surface area contributed by atoms with Crippen LogP contribution in [0.2, 0.25) is 0 Å². The quantitative estimate of drug-likeness (QED) is 0.369. The van der Waals surface area contributed by atoms with Gasteiger partial charge in [-0.25, -0.2) is 9.97 Å². The number of anilines is 1. The highest BCUT2D eigenvalue weighted by molar-refractivity contribution is 6.39. The molecule has 3 heterocycles. The number of aromatic nitrogens is 2. The van der Waals surface area contributed by atoms with Crippen LogP contribution in [0.15, 0.2) is 77.3 Å². The van der Waals surface area contributed by atoms with E-state index < -0.39 is 11.8 Å². The minimum absolute atomic E-state index is 0.0388. The average Bonchev–Trinajstić information content (AvgIpc) is 3.32. The maximum Gasteiger partial charge on any atom is 0.313 e. The number of fused-ring (bicyclic) bond motifs is 1. The lowest BCUT2D eigenvalue weighted by Gasteiger charge is -2.30. The first-order chi connectivity index (χ1) is 16.7. The second kappa shape index (κ2) is 9.59. The molecule has 1 saturated heterocycles. The molecule has 5 rings (SSSR count). The first-order valence-corrected chi connectivity index (χ1v) is 11.1. The first kappa shape index (κ1) is 21.4. The Labute approximate surface area is 196 Å². The highest BCUT2D eigenvalue weighted by Gasteiger charge is 2.31. The van der Waals surface area contributed by atoms with Gasteiger partial charge in [-0.1, -0.05) is 30.2 Å². The minimum atomic E-state index is -0.673. The molecule has 2 aromatic heterocycles. The number of hydrogen-bond acceptors (Lipinski definition) is 5. The lowest BCUT2D eigenvalue weighted by atomic mass is 9.98. The van der Waals surface area contributed by atoms with E-state index in [0.29, 0.717) is 35.9 Å². The van der Waals surface area contributed by atoms with E-state index in [9.17, 15) is 9.59 Å². The van der Waals surface area contributed by atoms with Gasteiger partial charge in [0.2, 0.25) is 0 Å². The molecule has 0 aliphatic carbocycles. The third kappa shape index (κ3) is 4.81. The van der Waals surface area contributed by atoms with E-state index in [0.717, 1.165) is 23.9 Å². The summed E-state index contributed by atoms with van der Waals surface area (Å²) in [5.74, 6) is 5.34. The van der Waals surface area contributed by atoms with Gasteiger partial charge in [-0.3, -0.25) is 9.59 Å². The van der Waals surface area contributed by atoms with Crippen LogP contribution < -0.4 is 5.32 Å². The van der Waals surface area contributed by atoms with Crippen molar-refractivity contribution in [2.75, 3.05) is 18.4 Å². The summed E-state index contributed by atoms with van der Waals surface area (Å²) in [5.41, 5.74) is 3.41. The van der Waals surface area contributed by atoms with Crippen molar-refractivity contribution >= 4 is 28.6 Å². The fourth-order valence-corrected chi connectivity index (χ4v) is 4.00. The molecule has 1 unspecified atom stereocenters. The number of nitrogens with one attached hydrogen (secondary N) is 1. The Bertz CT molecular complexity index is 1370. The molecular weight excluding hydrogens is 428 g/mol. The van der Waals surface area contributed by atoms with Crippen LogP contribution in [-0.2, 0) is 9.59 Å². The van der Waals surface area contributed by atoms with Crippen LogP contribution in [0, 0.1) is 11.8 Å². The molecule has 1 fully saturated rings. The van der Waals surface area contributed by atoms with Gasteiger partial charge in [-0.05, 0) is 61.2 Å². The SMILES string of the molecule is O=C(Nc1cccc(C#Cc2ccccn2)c1)C(=O)N1CCCC(c2nc3ccccc3o2)C1. The zero-order valence-corrected chi connectivity index (χ0v) is 18.4. The van der Waals surface area contributed by atoms with Crippen LogP contribution >= 0.6 is 0 Å². The molecule has 7 heteroatoms. The highest BCUT2D eigenvalue weighted by Crippen LogP contribution is 2.29. The van der Waals surface area contributed by atoms with Crippen molar-refractivity contribution in [2.24, 2.45) is 0 Å². The van der Waals surface area contributed by atoms with E-state index in [-0.39, 0.29) is 5.92 Å². The van der Waals surface area contributed by atoms with Crippen LogP contribution in [0.5, 0.6) is 0 Å². The van der Waals surface area contributed by atoms with Crippen molar-refractivity contribution in [3.05, 3.63) is 90.1 Å². The number of pyridine rings is 1. The third-order valence-electron chi connectivity index (χ3n) is 5.68. The number of hydrogen-bond donors (Lipinski definition) is 1. The van der Waals surface area contributed by atoms with Gasteiger partial charge in [0, 0.05) is 30.5 Å². The zero-order valence-electron chi connectivity index (χ0n) is 18.4. The fraction of sp³-hybridized carbons (Fsp3) is 0.185. The number of nitrogens with zero attached hydrogens (tertiary/aromatic N) is 3. The Morgan fingerprint density at radius 1 is 1.03 bits per heavy atom. The molecule has 34 heavy (non-hydrogen) atoms. The summed E-state index contributed by atoms with van der Waals surface area (Å²) in [5, 5.41) is 2.70. The zero-order chi connectivity index (χ0) is 23.3. The molecule has 4 aromatic rings. The number of piperidine rings is 1. The van der Waals surface area contributed by atoms with Gasteiger partial charge in [0.1, 0.15) is 11.2 Å². The maximum atomic E-state index is 12.9. The smallest absolute Gasteiger partial charge is 0.313 e. The first-order valence-electron chi connectivity index (χ1n) is 11.1. The molecule has 168 valence electrons. The minimum Gasteiger partial charge on any atom is -0.440 e. The van der Waals surface area contributed by atoms with Gasteiger partial charge in [-0.15, -0.1) is 0 Å². The Hall–Kier alpha value is -4.44. The number of likely N-dealkylation sites (tertiary alicyclic amines) is 1. The van der Waals surface area contributed by atoms with E-state index in [1.165, 1.54) is 0 Å². The van der Waals surface area contributed by atoms with Crippen molar-refractivity contribution < 1.29 is 14.0 Å². The number of amides is 2. The fourth-order valence-electron chi connectivity index (χ4n) is 4.00. The number of para-hydroxylation sites is 2. The Balaban J connectivity index is 1.24. The number of benzene rings is 2. The summed E-state index contributed by atoms with van der Waals surface area (Å²) < 4.78 is 5.89. The molecule has 1 atom stereocenters. The van der Waals surface area contributed by atoms with Crippen molar-refractivity contribution in [3.63, 3.8) is 0 Å². The van der Waals surface area contributed by atoms with Crippen LogP contribution in [0.1, 0.15) is 35.9 Å². The molecule has 7 nitrogen and oxygen atoms in total. The van der Waals surface area contributed by atoms with E-state index in [1.54, 1.807) is 29.3 Å². The van der Waals surface area contributed by atoms with Gasteiger partial charge in [0.25, 0.3) is 0 Å². The van der Waals surface area contributed by atoms with Gasteiger partial charge in [0.15, 0.2) is 11.5 Å². The molecular formula is C27H22N4O3. The van der Waals surface area contributed by atoms with Crippen LogP contribution in [-0.4, -0.2) is 39.8 Å². The van der Waals surface area contributed by atoms with Gasteiger partial charge in [-0.2, -0.15) is 0 Å². The maximum absolute atomic E-state index is 12.9. The summed E-state index contributed by atoms with van der Waals surface area (Å²) in [7, 11) is 0.